The van der Waals surface area contributed by atoms with E-state index in [1.165, 1.54) is 6.92 Å². The van der Waals surface area contributed by atoms with Gasteiger partial charge in [0.05, 0.1) is 7.85 Å². The lowest BCUT2D eigenvalue weighted by Crippen LogP contribution is -2.42. The fourth-order valence-electron chi connectivity index (χ4n) is 1.19. The van der Waals surface area contributed by atoms with Crippen LogP contribution in [0.1, 0.15) is 13.3 Å². The number of carbonyl (C=O) groups excluding carboxylic acids is 2. The second-order valence-corrected chi connectivity index (χ2v) is 2.93. The average Bonchev–Trinajstić information content (AvgIpc) is 2.26. The molecule has 68 valence electrons. The van der Waals surface area contributed by atoms with Gasteiger partial charge in [-0.15, -0.1) is 0 Å². The molecule has 5 nitrogen and oxygen atoms in total. The van der Waals surface area contributed by atoms with Gasteiger partial charge in [-0.25, -0.2) is 4.79 Å². The van der Waals surface area contributed by atoms with Crippen LogP contribution in [0.2, 0.25) is 5.82 Å². The minimum Gasteiger partial charge on any atom is -0.480 e. The molecule has 2 unspecified atom stereocenters. The highest BCUT2D eigenvalue weighted by atomic mass is 16.4. The van der Waals surface area contributed by atoms with E-state index in [1.54, 1.807) is 0 Å². The number of carbonyl (C=O) groups is 3. The first-order chi connectivity index (χ1) is 5.95. The monoisotopic (exact) mass is 181 g/mol. The summed E-state index contributed by atoms with van der Waals surface area (Å²) in [5.74, 6) is -3.22. The third-order valence-electron chi connectivity index (χ3n) is 1.96. The van der Waals surface area contributed by atoms with E-state index in [-0.39, 0.29) is 6.42 Å². The Morgan fingerprint density at radius 3 is 2.54 bits per heavy atom. The van der Waals surface area contributed by atoms with Crippen LogP contribution < -0.4 is 0 Å². The number of nitrogens with zero attached hydrogens (tertiary/aromatic N) is 1. The molecule has 1 N–H and O–H groups in total. The van der Waals surface area contributed by atoms with Crippen molar-refractivity contribution in [1.82, 2.24) is 4.90 Å². The van der Waals surface area contributed by atoms with Crippen molar-refractivity contribution in [2.24, 2.45) is 0 Å². The fourth-order valence-corrected chi connectivity index (χ4v) is 1.19. The molecule has 0 aliphatic carbocycles. The summed E-state index contributed by atoms with van der Waals surface area (Å²) in [6.07, 6.45) is -0.101. The van der Waals surface area contributed by atoms with Gasteiger partial charge in [-0.3, -0.25) is 14.5 Å². The van der Waals surface area contributed by atoms with Gasteiger partial charge >= 0.3 is 5.97 Å². The molecule has 6 heteroatoms. The quantitative estimate of drug-likeness (QED) is 0.445. The summed E-state index contributed by atoms with van der Waals surface area (Å²) in [4.78, 5) is 33.5. The van der Waals surface area contributed by atoms with E-state index in [4.69, 9.17) is 13.0 Å². The molecule has 0 aromatic carbocycles. The highest BCUT2D eigenvalue weighted by molar-refractivity contribution is 6.30. The molecule has 13 heavy (non-hydrogen) atoms. The molecule has 2 radical (unpaired) electrons. The van der Waals surface area contributed by atoms with Crippen molar-refractivity contribution in [1.29, 1.82) is 0 Å². The lowest BCUT2D eigenvalue weighted by molar-refractivity contribution is -0.153. The van der Waals surface area contributed by atoms with Crippen LogP contribution in [0.3, 0.4) is 0 Å². The largest absolute Gasteiger partial charge is 0.480 e. The van der Waals surface area contributed by atoms with Crippen molar-refractivity contribution in [3.05, 3.63) is 0 Å². The van der Waals surface area contributed by atoms with Crippen LogP contribution in [0, 0.1) is 0 Å². The van der Waals surface area contributed by atoms with E-state index < -0.39 is 29.6 Å². The summed E-state index contributed by atoms with van der Waals surface area (Å²) in [5.41, 5.74) is 0. The van der Waals surface area contributed by atoms with E-state index in [1.807, 2.05) is 0 Å². The molecule has 0 spiro atoms. The molecule has 0 bridgehead atoms. The normalized spacial score (nSPS) is 25.0. The Hall–Kier alpha value is -1.33. The highest BCUT2D eigenvalue weighted by Crippen LogP contribution is 2.23. The standard InChI is InChI=1S/C7H8BNO4/c1-3(7(12)13)9-5(10)2-4(8)6(9)11/h3-4H,2H2,1H3,(H,12,13). The summed E-state index contributed by atoms with van der Waals surface area (Å²) in [6.45, 7) is 1.27. The SMILES string of the molecule is [B]C1CC(=O)N(C(C)C(=O)O)C1=O. The van der Waals surface area contributed by atoms with E-state index in [9.17, 15) is 14.4 Å². The van der Waals surface area contributed by atoms with Gasteiger partial charge in [0, 0.05) is 12.2 Å². The van der Waals surface area contributed by atoms with E-state index in [2.05, 4.69) is 0 Å². The molecule has 2 atom stereocenters. The molecule has 0 aromatic rings. The van der Waals surface area contributed by atoms with Crippen molar-refractivity contribution in [2.75, 3.05) is 0 Å². The molecule has 2 amide bonds. The smallest absolute Gasteiger partial charge is 0.326 e. The summed E-state index contributed by atoms with van der Waals surface area (Å²) in [5, 5.41) is 8.58. The Morgan fingerprint density at radius 1 is 1.69 bits per heavy atom. The number of rotatable bonds is 2. The summed E-state index contributed by atoms with van der Waals surface area (Å²) >= 11 is 0. The zero-order chi connectivity index (χ0) is 10.2. The van der Waals surface area contributed by atoms with Crippen molar-refractivity contribution in [3.63, 3.8) is 0 Å². The van der Waals surface area contributed by atoms with Gasteiger partial charge in [0.2, 0.25) is 11.8 Å². The molecular weight excluding hydrogens is 173 g/mol. The van der Waals surface area contributed by atoms with E-state index in [0.29, 0.717) is 4.90 Å². The molecule has 0 saturated carbocycles. The number of amides is 2. The Morgan fingerprint density at radius 2 is 2.23 bits per heavy atom. The minimum atomic E-state index is -1.21. The van der Waals surface area contributed by atoms with Crippen molar-refractivity contribution in [3.8, 4) is 0 Å². The van der Waals surface area contributed by atoms with Gasteiger partial charge < -0.3 is 5.11 Å². The number of hydrogen-bond donors (Lipinski definition) is 1. The third kappa shape index (κ3) is 1.56. The second-order valence-electron chi connectivity index (χ2n) is 2.93. The Kier molecular flexibility index (Phi) is 2.40. The predicted molar refractivity (Wildman–Crippen MR) is 43.1 cm³/mol. The lowest BCUT2D eigenvalue weighted by atomic mass is 9.86. The average molecular weight is 181 g/mol. The number of imide groups is 1. The first-order valence-electron chi connectivity index (χ1n) is 3.79. The molecular formula is C7H8BNO4. The number of hydrogen-bond acceptors (Lipinski definition) is 3. The first kappa shape index (κ1) is 9.76. The maximum atomic E-state index is 11.2. The van der Waals surface area contributed by atoms with Gasteiger partial charge in [0.1, 0.15) is 6.04 Å². The summed E-state index contributed by atoms with van der Waals surface area (Å²) in [6, 6.07) is -1.13. The highest BCUT2D eigenvalue weighted by Gasteiger charge is 2.40. The Balaban J connectivity index is 2.86. The van der Waals surface area contributed by atoms with Crippen molar-refractivity contribution < 1.29 is 19.5 Å². The topological polar surface area (TPSA) is 74.7 Å². The van der Waals surface area contributed by atoms with Crippen LogP contribution in [0.15, 0.2) is 0 Å². The molecule has 1 rings (SSSR count). The number of carboxylic acid groups (broad SMARTS) is 1. The van der Waals surface area contributed by atoms with Crippen LogP contribution in [0.4, 0.5) is 0 Å². The van der Waals surface area contributed by atoms with Gasteiger partial charge in [0.25, 0.3) is 0 Å². The zero-order valence-corrected chi connectivity index (χ0v) is 7.06. The molecule has 1 heterocycles. The van der Waals surface area contributed by atoms with Crippen LogP contribution >= 0.6 is 0 Å². The van der Waals surface area contributed by atoms with Crippen LogP contribution in [-0.2, 0) is 14.4 Å². The van der Waals surface area contributed by atoms with E-state index >= 15 is 0 Å². The predicted octanol–water partition coefficient (Wildman–Crippen LogP) is -0.825. The van der Waals surface area contributed by atoms with Gasteiger partial charge in [-0.2, -0.15) is 0 Å². The van der Waals surface area contributed by atoms with Crippen LogP contribution in [0.5, 0.6) is 0 Å². The molecule has 1 saturated heterocycles. The van der Waals surface area contributed by atoms with Gasteiger partial charge in [0.15, 0.2) is 0 Å². The van der Waals surface area contributed by atoms with Gasteiger partial charge in [-0.1, -0.05) is 0 Å². The fraction of sp³-hybridized carbons (Fsp3) is 0.571. The van der Waals surface area contributed by atoms with Crippen LogP contribution in [0.25, 0.3) is 0 Å². The Labute approximate surface area is 76.1 Å². The van der Waals surface area contributed by atoms with Crippen molar-refractivity contribution >= 4 is 25.6 Å². The Bertz CT molecular complexity index is 278. The first-order valence-corrected chi connectivity index (χ1v) is 3.79. The maximum absolute atomic E-state index is 11.2. The maximum Gasteiger partial charge on any atom is 0.326 e. The van der Waals surface area contributed by atoms with E-state index in [0.717, 1.165) is 0 Å². The summed E-state index contributed by atoms with van der Waals surface area (Å²) in [7, 11) is 5.29. The molecule has 1 aliphatic heterocycles. The lowest BCUT2D eigenvalue weighted by Gasteiger charge is -2.18. The number of carboxylic acids is 1. The number of aliphatic carboxylic acids is 1. The zero-order valence-electron chi connectivity index (χ0n) is 7.06. The number of likely N-dealkylation sites (tertiary alicyclic amines) is 1. The van der Waals surface area contributed by atoms with Crippen molar-refractivity contribution in [2.45, 2.75) is 25.2 Å². The summed E-state index contributed by atoms with van der Waals surface area (Å²) < 4.78 is 0. The molecule has 1 fully saturated rings. The minimum absolute atomic E-state index is 0.101. The van der Waals surface area contributed by atoms with Crippen LogP contribution in [-0.4, -0.2) is 41.7 Å². The molecule has 0 aromatic heterocycles. The second kappa shape index (κ2) is 3.20. The van der Waals surface area contributed by atoms with Gasteiger partial charge in [-0.05, 0) is 6.92 Å². The molecule has 1 aliphatic rings. The third-order valence-corrected chi connectivity index (χ3v) is 1.96.